The van der Waals surface area contributed by atoms with Crippen LogP contribution in [0.2, 0.25) is 0 Å². The van der Waals surface area contributed by atoms with E-state index >= 15 is 0 Å². The van der Waals surface area contributed by atoms with Crippen molar-refractivity contribution in [3.63, 3.8) is 0 Å². The number of aromatic nitrogens is 1. The van der Waals surface area contributed by atoms with Crippen molar-refractivity contribution >= 4 is 11.3 Å². The molecule has 2 aromatic rings. The zero-order valence-corrected chi connectivity index (χ0v) is 9.73. The SMILES string of the molecule is OCCCc1ccccc1O.c1cscn1. The van der Waals surface area contributed by atoms with Gasteiger partial charge in [-0.3, -0.25) is 4.98 Å². The van der Waals surface area contributed by atoms with Crippen molar-refractivity contribution in [2.75, 3.05) is 6.61 Å². The lowest BCUT2D eigenvalue weighted by Crippen LogP contribution is -1.89. The lowest BCUT2D eigenvalue weighted by Gasteiger charge is -2.00. The molecule has 0 aliphatic rings. The second-order valence-corrected chi connectivity index (χ2v) is 3.89. The minimum absolute atomic E-state index is 0.175. The van der Waals surface area contributed by atoms with E-state index in [-0.39, 0.29) is 6.61 Å². The van der Waals surface area contributed by atoms with Crippen LogP contribution in [-0.4, -0.2) is 21.8 Å². The van der Waals surface area contributed by atoms with E-state index in [2.05, 4.69) is 4.98 Å². The van der Waals surface area contributed by atoms with E-state index in [9.17, 15) is 5.11 Å². The van der Waals surface area contributed by atoms with Gasteiger partial charge in [-0.25, -0.2) is 0 Å². The van der Waals surface area contributed by atoms with Gasteiger partial charge in [0.1, 0.15) is 5.75 Å². The first kappa shape index (κ1) is 12.7. The molecule has 0 radical (unpaired) electrons. The lowest BCUT2D eigenvalue weighted by atomic mass is 10.1. The number of aliphatic hydroxyl groups excluding tert-OH is 1. The largest absolute Gasteiger partial charge is 0.508 e. The second-order valence-electron chi connectivity index (χ2n) is 3.13. The van der Waals surface area contributed by atoms with Crippen molar-refractivity contribution < 1.29 is 10.2 Å². The molecule has 0 saturated carbocycles. The van der Waals surface area contributed by atoms with E-state index in [4.69, 9.17) is 5.11 Å². The van der Waals surface area contributed by atoms with E-state index in [1.807, 2.05) is 17.5 Å². The number of phenols is 1. The standard InChI is InChI=1S/C9H12O2.C3H3NS/c10-7-3-5-8-4-1-2-6-9(8)11;1-2-5-3-4-1/h1-2,4,6,10-11H,3,5,7H2;1-3H. The highest BCUT2D eigenvalue weighted by Gasteiger charge is 1.97. The average Bonchev–Trinajstić information content (AvgIpc) is 2.87. The fourth-order valence-electron chi connectivity index (χ4n) is 1.17. The molecule has 0 unspecified atom stereocenters. The Morgan fingerprint density at radius 3 is 2.56 bits per heavy atom. The van der Waals surface area contributed by atoms with Crippen LogP contribution in [0.25, 0.3) is 0 Å². The normalized spacial score (nSPS) is 9.31. The summed E-state index contributed by atoms with van der Waals surface area (Å²) in [6.45, 7) is 0.175. The Labute approximate surface area is 99.0 Å². The third-order valence-electron chi connectivity index (χ3n) is 1.94. The van der Waals surface area contributed by atoms with Crippen LogP contribution in [0.5, 0.6) is 5.75 Å². The molecule has 2 rings (SSSR count). The maximum atomic E-state index is 9.26. The number of aliphatic hydroxyl groups is 1. The summed E-state index contributed by atoms with van der Waals surface area (Å²) in [5.74, 6) is 0.320. The molecule has 0 aliphatic carbocycles. The van der Waals surface area contributed by atoms with E-state index in [1.54, 1.807) is 35.2 Å². The first-order valence-electron chi connectivity index (χ1n) is 5.04. The molecule has 0 amide bonds. The van der Waals surface area contributed by atoms with Gasteiger partial charge in [-0.15, -0.1) is 11.3 Å². The average molecular weight is 237 g/mol. The number of thiazole rings is 1. The summed E-state index contributed by atoms with van der Waals surface area (Å²) in [7, 11) is 0. The molecule has 0 spiro atoms. The number of hydrogen-bond donors (Lipinski definition) is 2. The lowest BCUT2D eigenvalue weighted by molar-refractivity contribution is 0.288. The van der Waals surface area contributed by atoms with Crippen LogP contribution in [0, 0.1) is 0 Å². The van der Waals surface area contributed by atoms with E-state index in [0.717, 1.165) is 12.0 Å². The molecule has 0 atom stereocenters. The predicted molar refractivity (Wildman–Crippen MR) is 65.6 cm³/mol. The number of aryl methyl sites for hydroxylation is 1. The van der Waals surface area contributed by atoms with Crippen LogP contribution in [0.15, 0.2) is 41.4 Å². The number of nitrogens with zero attached hydrogens (tertiary/aromatic N) is 1. The zero-order chi connectivity index (χ0) is 11.6. The summed E-state index contributed by atoms with van der Waals surface area (Å²) in [6.07, 6.45) is 3.21. The Balaban J connectivity index is 0.000000212. The third-order valence-corrected chi connectivity index (χ3v) is 2.47. The van der Waals surface area contributed by atoms with Crippen molar-refractivity contribution in [1.82, 2.24) is 4.98 Å². The number of hydrogen-bond acceptors (Lipinski definition) is 4. The molecular formula is C12H15NO2S. The molecule has 0 bridgehead atoms. The van der Waals surface area contributed by atoms with Gasteiger partial charge in [0.2, 0.25) is 0 Å². The van der Waals surface area contributed by atoms with Crippen LogP contribution in [-0.2, 0) is 6.42 Å². The third kappa shape index (κ3) is 4.91. The van der Waals surface area contributed by atoms with Gasteiger partial charge >= 0.3 is 0 Å². The van der Waals surface area contributed by atoms with E-state index in [0.29, 0.717) is 12.2 Å². The number of rotatable bonds is 3. The van der Waals surface area contributed by atoms with Crippen LogP contribution in [0.4, 0.5) is 0 Å². The van der Waals surface area contributed by atoms with Gasteiger partial charge in [0.15, 0.2) is 0 Å². The van der Waals surface area contributed by atoms with E-state index < -0.39 is 0 Å². The molecule has 0 fully saturated rings. The Morgan fingerprint density at radius 2 is 2.06 bits per heavy atom. The van der Waals surface area contributed by atoms with Crippen molar-refractivity contribution in [2.45, 2.75) is 12.8 Å². The minimum Gasteiger partial charge on any atom is -0.508 e. The van der Waals surface area contributed by atoms with Gasteiger partial charge in [-0.1, -0.05) is 18.2 Å². The van der Waals surface area contributed by atoms with Crippen molar-refractivity contribution in [1.29, 1.82) is 0 Å². The molecule has 1 heterocycles. The number of phenolic OH excluding ortho intramolecular Hbond substituents is 1. The van der Waals surface area contributed by atoms with Crippen LogP contribution >= 0.6 is 11.3 Å². The summed E-state index contributed by atoms with van der Waals surface area (Å²) in [4.78, 5) is 3.74. The van der Waals surface area contributed by atoms with Gasteiger partial charge in [0.25, 0.3) is 0 Å². The molecule has 3 nitrogen and oxygen atoms in total. The van der Waals surface area contributed by atoms with Gasteiger partial charge < -0.3 is 10.2 Å². The second kappa shape index (κ2) is 7.84. The molecule has 16 heavy (non-hydrogen) atoms. The maximum Gasteiger partial charge on any atom is 0.118 e. The Kier molecular flexibility index (Phi) is 6.22. The number of benzene rings is 1. The topological polar surface area (TPSA) is 53.4 Å². The Bertz CT molecular complexity index is 359. The smallest absolute Gasteiger partial charge is 0.118 e. The van der Waals surface area contributed by atoms with Crippen LogP contribution < -0.4 is 0 Å². The van der Waals surface area contributed by atoms with E-state index in [1.165, 1.54) is 0 Å². The summed E-state index contributed by atoms with van der Waals surface area (Å²) in [5.41, 5.74) is 2.70. The minimum atomic E-state index is 0.175. The maximum absolute atomic E-state index is 9.26. The highest BCUT2D eigenvalue weighted by atomic mass is 32.1. The van der Waals surface area contributed by atoms with Crippen molar-refractivity contribution in [3.8, 4) is 5.75 Å². The van der Waals surface area contributed by atoms with Gasteiger partial charge in [-0.2, -0.15) is 0 Å². The van der Waals surface area contributed by atoms with Gasteiger partial charge in [-0.05, 0) is 24.5 Å². The van der Waals surface area contributed by atoms with Crippen LogP contribution in [0.1, 0.15) is 12.0 Å². The van der Waals surface area contributed by atoms with Crippen LogP contribution in [0.3, 0.4) is 0 Å². The first-order chi connectivity index (χ1) is 7.84. The number of aromatic hydroxyl groups is 1. The fraction of sp³-hybridized carbons (Fsp3) is 0.250. The summed E-state index contributed by atoms with van der Waals surface area (Å²) in [6, 6.07) is 7.20. The highest BCUT2D eigenvalue weighted by Crippen LogP contribution is 2.16. The van der Waals surface area contributed by atoms with Crippen molar-refractivity contribution in [3.05, 3.63) is 46.9 Å². The molecular weight excluding hydrogens is 222 g/mol. The molecule has 2 N–H and O–H groups in total. The molecule has 0 aliphatic heterocycles. The quantitative estimate of drug-likeness (QED) is 0.862. The monoisotopic (exact) mass is 237 g/mol. The zero-order valence-electron chi connectivity index (χ0n) is 8.91. The molecule has 0 saturated heterocycles. The summed E-state index contributed by atoms with van der Waals surface area (Å²) in [5, 5.41) is 19.7. The molecule has 1 aromatic heterocycles. The van der Waals surface area contributed by atoms with Gasteiger partial charge in [0, 0.05) is 18.2 Å². The van der Waals surface area contributed by atoms with Crippen molar-refractivity contribution in [2.24, 2.45) is 0 Å². The number of para-hydroxylation sites is 1. The first-order valence-corrected chi connectivity index (χ1v) is 5.98. The summed E-state index contributed by atoms with van der Waals surface area (Å²) >= 11 is 1.60. The molecule has 4 heteroatoms. The molecule has 86 valence electrons. The fourth-order valence-corrected chi connectivity index (χ4v) is 1.52. The highest BCUT2D eigenvalue weighted by molar-refractivity contribution is 7.07. The predicted octanol–water partition coefficient (Wildman–Crippen LogP) is 2.46. The van der Waals surface area contributed by atoms with Gasteiger partial charge in [0.05, 0.1) is 5.51 Å². The Morgan fingerprint density at radius 1 is 1.25 bits per heavy atom. The summed E-state index contributed by atoms with van der Waals surface area (Å²) < 4.78 is 0. The molecule has 1 aromatic carbocycles. The Hall–Kier alpha value is -1.39.